The Balaban J connectivity index is 2.83. The van der Waals surface area contributed by atoms with E-state index in [-0.39, 0.29) is 5.78 Å². The van der Waals surface area contributed by atoms with E-state index in [4.69, 9.17) is 0 Å². The number of ketones is 1. The van der Waals surface area contributed by atoms with Crippen LogP contribution in [-0.2, 0) is 0 Å². The van der Waals surface area contributed by atoms with Gasteiger partial charge in [0.05, 0.1) is 12.1 Å². The second kappa shape index (κ2) is 4.48. The van der Waals surface area contributed by atoms with Crippen molar-refractivity contribution in [3.8, 4) is 0 Å². The number of Topliss-reactive ketones (excluding diaryl/α,β-unsaturated/α-hetero) is 1. The topological polar surface area (TPSA) is 33.2 Å². The maximum absolute atomic E-state index is 11.6. The van der Waals surface area contributed by atoms with Crippen molar-refractivity contribution in [3.05, 3.63) is 28.5 Å². The number of carbonyl (C=O) groups is 1. The van der Waals surface area contributed by atoms with Crippen LogP contribution >= 0.6 is 15.9 Å². The number of pyridine rings is 1. The lowest BCUT2D eigenvalue weighted by Gasteiger charge is -2.08. The highest BCUT2D eigenvalue weighted by atomic mass is 79.9. The highest BCUT2D eigenvalue weighted by molar-refractivity contribution is 9.10. The van der Waals surface area contributed by atoms with Crippen molar-refractivity contribution >= 4 is 21.7 Å². The fourth-order valence-corrected chi connectivity index (χ4v) is 1.44. The number of rotatable bonds is 3. The quantitative estimate of drug-likeness (QED) is 0.597. The fourth-order valence-electron chi connectivity index (χ4n) is 0.966. The second-order valence-corrected chi connectivity index (χ2v) is 3.75. The first-order valence-corrected chi connectivity index (χ1v) is 4.69. The van der Waals surface area contributed by atoms with Crippen LogP contribution in [-0.4, -0.2) is 36.3 Å². The minimum atomic E-state index is 0.0741. The van der Waals surface area contributed by atoms with Crippen LogP contribution in [0.2, 0.25) is 0 Å². The van der Waals surface area contributed by atoms with E-state index in [9.17, 15) is 4.79 Å². The molecule has 0 aliphatic heterocycles. The Morgan fingerprint density at radius 3 is 2.85 bits per heavy atom. The highest BCUT2D eigenvalue weighted by Crippen LogP contribution is 2.12. The summed E-state index contributed by atoms with van der Waals surface area (Å²) in [5.41, 5.74) is 0.635. The third kappa shape index (κ3) is 2.90. The summed E-state index contributed by atoms with van der Waals surface area (Å²) in [5.74, 6) is 0.0741. The van der Waals surface area contributed by atoms with Crippen molar-refractivity contribution in [2.24, 2.45) is 0 Å². The number of aromatic nitrogens is 1. The van der Waals surface area contributed by atoms with Gasteiger partial charge in [0.25, 0.3) is 0 Å². The Labute approximate surface area is 85.9 Å². The van der Waals surface area contributed by atoms with Gasteiger partial charge in [-0.05, 0) is 42.2 Å². The Morgan fingerprint density at radius 1 is 1.62 bits per heavy atom. The zero-order valence-corrected chi connectivity index (χ0v) is 9.21. The lowest BCUT2D eigenvalue weighted by Crippen LogP contribution is -2.22. The molecule has 70 valence electrons. The van der Waals surface area contributed by atoms with Crippen LogP contribution < -0.4 is 0 Å². The van der Waals surface area contributed by atoms with Gasteiger partial charge in [0, 0.05) is 6.20 Å². The molecule has 4 heteroatoms. The monoisotopic (exact) mass is 242 g/mol. The zero-order valence-electron chi connectivity index (χ0n) is 7.62. The number of hydrogen-bond donors (Lipinski definition) is 0. The summed E-state index contributed by atoms with van der Waals surface area (Å²) in [6, 6.07) is 3.52. The molecule has 0 aromatic carbocycles. The van der Waals surface area contributed by atoms with Crippen LogP contribution in [0.4, 0.5) is 0 Å². The Hall–Kier alpha value is -0.740. The molecule has 1 heterocycles. The Kier molecular flexibility index (Phi) is 3.57. The first kappa shape index (κ1) is 10.3. The van der Waals surface area contributed by atoms with Crippen LogP contribution in [0.3, 0.4) is 0 Å². The largest absolute Gasteiger partial charge is 0.302 e. The SMILES string of the molecule is CN(C)CC(=O)c1cccnc1Br. The van der Waals surface area contributed by atoms with Gasteiger partial charge in [-0.3, -0.25) is 4.79 Å². The van der Waals surface area contributed by atoms with Crippen molar-refractivity contribution in [2.45, 2.75) is 0 Å². The summed E-state index contributed by atoms with van der Waals surface area (Å²) in [7, 11) is 3.73. The molecule has 0 aliphatic rings. The molecule has 0 N–H and O–H groups in total. The molecule has 0 saturated heterocycles. The van der Waals surface area contributed by atoms with Gasteiger partial charge in [0.2, 0.25) is 0 Å². The minimum Gasteiger partial charge on any atom is -0.302 e. The van der Waals surface area contributed by atoms with Crippen molar-refractivity contribution in [1.82, 2.24) is 9.88 Å². The van der Waals surface area contributed by atoms with E-state index in [1.165, 1.54) is 0 Å². The normalized spacial score (nSPS) is 10.5. The standard InChI is InChI=1S/C9H11BrN2O/c1-12(2)6-8(13)7-4-3-5-11-9(7)10/h3-5H,6H2,1-2H3. The van der Waals surface area contributed by atoms with Crippen molar-refractivity contribution < 1.29 is 4.79 Å². The summed E-state index contributed by atoms with van der Waals surface area (Å²) >= 11 is 3.24. The molecule has 0 aliphatic carbocycles. The second-order valence-electron chi connectivity index (χ2n) is 3.00. The van der Waals surface area contributed by atoms with Gasteiger partial charge in [0.1, 0.15) is 4.60 Å². The van der Waals surface area contributed by atoms with Crippen molar-refractivity contribution in [1.29, 1.82) is 0 Å². The third-order valence-corrected chi connectivity index (χ3v) is 2.15. The smallest absolute Gasteiger partial charge is 0.179 e. The molecule has 0 bridgehead atoms. The molecule has 0 spiro atoms. The number of hydrogen-bond acceptors (Lipinski definition) is 3. The van der Waals surface area contributed by atoms with E-state index in [0.29, 0.717) is 16.7 Å². The summed E-state index contributed by atoms with van der Waals surface area (Å²) in [5, 5.41) is 0. The maximum Gasteiger partial charge on any atom is 0.179 e. The molecule has 1 rings (SSSR count). The van der Waals surface area contributed by atoms with Crippen LogP contribution in [0.15, 0.2) is 22.9 Å². The van der Waals surface area contributed by atoms with Crippen LogP contribution in [0.1, 0.15) is 10.4 Å². The Morgan fingerprint density at radius 2 is 2.31 bits per heavy atom. The lowest BCUT2D eigenvalue weighted by molar-refractivity contribution is 0.0956. The van der Waals surface area contributed by atoms with E-state index in [1.54, 1.807) is 18.3 Å². The average Bonchev–Trinajstić information content (AvgIpc) is 2.03. The molecule has 1 aromatic rings. The summed E-state index contributed by atoms with van der Waals surface area (Å²) in [6.45, 7) is 0.407. The lowest BCUT2D eigenvalue weighted by atomic mass is 10.2. The number of likely N-dealkylation sites (N-methyl/N-ethyl adjacent to an activating group) is 1. The molecule has 0 saturated carbocycles. The molecule has 3 nitrogen and oxygen atoms in total. The molecule has 0 fully saturated rings. The predicted octanol–water partition coefficient (Wildman–Crippen LogP) is 1.59. The predicted molar refractivity (Wildman–Crippen MR) is 54.8 cm³/mol. The van der Waals surface area contributed by atoms with Crippen LogP contribution in [0, 0.1) is 0 Å². The van der Waals surface area contributed by atoms with Gasteiger partial charge in [-0.25, -0.2) is 4.98 Å². The van der Waals surface area contributed by atoms with Gasteiger partial charge in [0.15, 0.2) is 5.78 Å². The average molecular weight is 243 g/mol. The summed E-state index contributed by atoms with van der Waals surface area (Å²) in [6.07, 6.45) is 1.65. The van der Waals surface area contributed by atoms with Gasteiger partial charge in [-0.2, -0.15) is 0 Å². The van der Waals surface area contributed by atoms with E-state index >= 15 is 0 Å². The molecule has 0 amide bonds. The Bertz CT molecular complexity index is 312. The van der Waals surface area contributed by atoms with Crippen LogP contribution in [0.25, 0.3) is 0 Å². The first-order chi connectivity index (χ1) is 6.11. The zero-order chi connectivity index (χ0) is 9.84. The van der Waals surface area contributed by atoms with E-state index in [1.807, 2.05) is 19.0 Å². The summed E-state index contributed by atoms with van der Waals surface area (Å²) < 4.78 is 0.613. The van der Waals surface area contributed by atoms with Crippen LogP contribution in [0.5, 0.6) is 0 Å². The van der Waals surface area contributed by atoms with E-state index in [2.05, 4.69) is 20.9 Å². The van der Waals surface area contributed by atoms with Gasteiger partial charge < -0.3 is 4.90 Å². The maximum atomic E-state index is 11.6. The van der Waals surface area contributed by atoms with Crippen molar-refractivity contribution in [3.63, 3.8) is 0 Å². The third-order valence-electron chi connectivity index (χ3n) is 1.52. The number of nitrogens with zero attached hydrogens (tertiary/aromatic N) is 2. The molecule has 0 radical (unpaired) electrons. The van der Waals surface area contributed by atoms with Gasteiger partial charge >= 0.3 is 0 Å². The van der Waals surface area contributed by atoms with Gasteiger partial charge in [-0.15, -0.1) is 0 Å². The molecular weight excluding hydrogens is 232 g/mol. The van der Waals surface area contributed by atoms with Gasteiger partial charge in [-0.1, -0.05) is 0 Å². The summed E-state index contributed by atoms with van der Waals surface area (Å²) in [4.78, 5) is 17.4. The first-order valence-electron chi connectivity index (χ1n) is 3.89. The molecule has 13 heavy (non-hydrogen) atoms. The highest BCUT2D eigenvalue weighted by Gasteiger charge is 2.10. The van der Waals surface area contributed by atoms with Crippen molar-refractivity contribution in [2.75, 3.05) is 20.6 Å². The molecule has 0 atom stereocenters. The number of carbonyl (C=O) groups excluding carboxylic acids is 1. The minimum absolute atomic E-state index is 0.0741. The van der Waals surface area contributed by atoms with E-state index < -0.39 is 0 Å². The van der Waals surface area contributed by atoms with E-state index in [0.717, 1.165) is 0 Å². The molecular formula is C9H11BrN2O. The molecule has 1 aromatic heterocycles. The molecule has 0 unspecified atom stereocenters. The fraction of sp³-hybridized carbons (Fsp3) is 0.333. The number of halogens is 1.